The molecule has 0 spiro atoms. The topological polar surface area (TPSA) is 78.9 Å². The molecule has 0 amide bonds. The van der Waals surface area contributed by atoms with E-state index in [0.29, 0.717) is 19.4 Å². The molecule has 0 heterocycles. The van der Waals surface area contributed by atoms with Crippen LogP contribution in [0.3, 0.4) is 0 Å². The van der Waals surface area contributed by atoms with Crippen molar-refractivity contribution in [2.45, 2.75) is 51.7 Å². The van der Waals surface area contributed by atoms with Crippen LogP contribution >= 0.6 is 0 Å². The lowest BCUT2D eigenvalue weighted by atomic mass is 9.79. The number of hydrogen-bond donors (Lipinski definition) is 2. The molecule has 0 radical (unpaired) electrons. The van der Waals surface area contributed by atoms with Crippen LogP contribution in [-0.4, -0.2) is 56.3 Å². The lowest BCUT2D eigenvalue weighted by Gasteiger charge is -2.42. The molecular weight excluding hydrogens is 268 g/mol. The predicted molar refractivity (Wildman–Crippen MR) is 76.2 cm³/mol. The van der Waals surface area contributed by atoms with Gasteiger partial charge < -0.3 is 9.84 Å². The third kappa shape index (κ3) is 4.68. The highest BCUT2D eigenvalue weighted by Crippen LogP contribution is 2.29. The van der Waals surface area contributed by atoms with Crippen LogP contribution in [0.4, 0.5) is 0 Å². The number of nitrogens with one attached hydrogen (secondary N) is 1. The van der Waals surface area contributed by atoms with Crippen LogP contribution < -0.4 is 4.72 Å². The maximum Gasteiger partial charge on any atom is 0.279 e. The first kappa shape index (κ1) is 18.8. The van der Waals surface area contributed by atoms with Gasteiger partial charge in [-0.1, -0.05) is 13.8 Å². The minimum Gasteiger partial charge on any atom is -0.388 e. The van der Waals surface area contributed by atoms with E-state index in [1.807, 2.05) is 13.8 Å². The molecule has 0 fully saturated rings. The van der Waals surface area contributed by atoms with Gasteiger partial charge in [0.2, 0.25) is 0 Å². The Hall–Kier alpha value is -0.210. The van der Waals surface area contributed by atoms with E-state index in [1.165, 1.54) is 18.5 Å². The van der Waals surface area contributed by atoms with Crippen molar-refractivity contribution >= 4 is 10.2 Å². The molecule has 0 aromatic heterocycles. The van der Waals surface area contributed by atoms with E-state index in [4.69, 9.17) is 4.74 Å². The van der Waals surface area contributed by atoms with Crippen LogP contribution in [0.1, 0.15) is 40.5 Å². The Balaban J connectivity index is 5.00. The fourth-order valence-electron chi connectivity index (χ4n) is 1.97. The SMILES string of the molecule is CCC(O)(CC)C(C)(C)NS(=O)(=O)N(C)CCOC. The second-order valence-corrected chi connectivity index (χ2v) is 7.06. The molecule has 0 unspecified atom stereocenters. The van der Waals surface area contributed by atoms with E-state index < -0.39 is 21.3 Å². The van der Waals surface area contributed by atoms with E-state index in [9.17, 15) is 13.5 Å². The number of methoxy groups -OCH3 is 1. The molecule has 0 aromatic carbocycles. The fourth-order valence-corrected chi connectivity index (χ4v) is 3.27. The molecule has 0 aromatic rings. The molecule has 0 saturated carbocycles. The minimum atomic E-state index is -3.65. The summed E-state index contributed by atoms with van der Waals surface area (Å²) in [6.45, 7) is 7.66. The maximum absolute atomic E-state index is 12.2. The van der Waals surface area contributed by atoms with Gasteiger partial charge in [0.25, 0.3) is 10.2 Å². The van der Waals surface area contributed by atoms with Crippen molar-refractivity contribution in [3.05, 3.63) is 0 Å². The number of rotatable bonds is 9. The zero-order chi connectivity index (χ0) is 15.3. The van der Waals surface area contributed by atoms with Crippen LogP contribution in [-0.2, 0) is 14.9 Å². The lowest BCUT2D eigenvalue weighted by Crippen LogP contribution is -2.62. The molecule has 6 nitrogen and oxygen atoms in total. The van der Waals surface area contributed by atoms with E-state index in [0.717, 1.165) is 0 Å². The van der Waals surface area contributed by atoms with Gasteiger partial charge in [-0.05, 0) is 26.7 Å². The van der Waals surface area contributed by atoms with Crippen LogP contribution in [0, 0.1) is 0 Å². The second-order valence-electron chi connectivity index (χ2n) is 5.29. The number of nitrogens with zero attached hydrogens (tertiary/aromatic N) is 1. The number of ether oxygens (including phenoxy) is 1. The van der Waals surface area contributed by atoms with Gasteiger partial charge in [-0.2, -0.15) is 17.4 Å². The molecule has 0 bridgehead atoms. The molecule has 19 heavy (non-hydrogen) atoms. The Kier molecular flexibility index (Phi) is 6.91. The molecular formula is C12H28N2O4S. The van der Waals surface area contributed by atoms with Crippen LogP contribution in [0.15, 0.2) is 0 Å². The summed E-state index contributed by atoms with van der Waals surface area (Å²) in [4.78, 5) is 0. The summed E-state index contributed by atoms with van der Waals surface area (Å²) in [7, 11) is -0.651. The molecule has 2 N–H and O–H groups in total. The third-order valence-electron chi connectivity index (χ3n) is 3.74. The summed E-state index contributed by atoms with van der Waals surface area (Å²) in [6, 6.07) is 0. The zero-order valence-corrected chi connectivity index (χ0v) is 13.7. The van der Waals surface area contributed by atoms with Crippen molar-refractivity contribution in [3.8, 4) is 0 Å². The summed E-state index contributed by atoms with van der Waals surface area (Å²) < 4.78 is 33.0. The van der Waals surface area contributed by atoms with Gasteiger partial charge in [0.05, 0.1) is 17.7 Å². The Morgan fingerprint density at radius 2 is 1.74 bits per heavy atom. The van der Waals surface area contributed by atoms with Crippen LogP contribution in [0.25, 0.3) is 0 Å². The molecule has 7 heteroatoms. The fraction of sp³-hybridized carbons (Fsp3) is 1.00. The predicted octanol–water partition coefficient (Wildman–Crippen LogP) is 0.729. The number of aliphatic hydroxyl groups is 1. The lowest BCUT2D eigenvalue weighted by molar-refractivity contribution is -0.0356. The summed E-state index contributed by atoms with van der Waals surface area (Å²) in [6.07, 6.45) is 0.946. The van der Waals surface area contributed by atoms with E-state index in [-0.39, 0.29) is 6.54 Å². The first-order chi connectivity index (χ1) is 8.56. The van der Waals surface area contributed by atoms with Gasteiger partial charge in [0, 0.05) is 20.7 Å². The molecule has 0 saturated heterocycles. The Morgan fingerprint density at radius 1 is 1.26 bits per heavy atom. The van der Waals surface area contributed by atoms with Crippen molar-refractivity contribution < 1.29 is 18.3 Å². The highest BCUT2D eigenvalue weighted by atomic mass is 32.2. The van der Waals surface area contributed by atoms with E-state index >= 15 is 0 Å². The third-order valence-corrected chi connectivity index (χ3v) is 5.51. The summed E-state index contributed by atoms with van der Waals surface area (Å²) in [5, 5.41) is 10.5. The molecule has 0 aliphatic heterocycles. The Bertz CT molecular complexity index is 364. The van der Waals surface area contributed by atoms with Crippen molar-refractivity contribution in [2.24, 2.45) is 0 Å². The van der Waals surface area contributed by atoms with Crippen molar-refractivity contribution in [1.82, 2.24) is 9.03 Å². The number of hydrogen-bond acceptors (Lipinski definition) is 4. The highest BCUT2D eigenvalue weighted by molar-refractivity contribution is 7.87. The Morgan fingerprint density at radius 3 is 2.11 bits per heavy atom. The first-order valence-electron chi connectivity index (χ1n) is 6.53. The van der Waals surface area contributed by atoms with Gasteiger partial charge in [-0.25, -0.2) is 0 Å². The van der Waals surface area contributed by atoms with E-state index in [2.05, 4.69) is 4.72 Å². The smallest absolute Gasteiger partial charge is 0.279 e. The quantitative estimate of drug-likeness (QED) is 0.657. The second kappa shape index (κ2) is 6.99. The van der Waals surface area contributed by atoms with E-state index in [1.54, 1.807) is 13.8 Å². The van der Waals surface area contributed by atoms with Gasteiger partial charge >= 0.3 is 0 Å². The van der Waals surface area contributed by atoms with Crippen molar-refractivity contribution in [2.75, 3.05) is 27.3 Å². The zero-order valence-electron chi connectivity index (χ0n) is 12.9. The molecule has 116 valence electrons. The summed E-state index contributed by atoms with van der Waals surface area (Å²) in [5.74, 6) is 0. The van der Waals surface area contributed by atoms with Gasteiger partial charge in [0.15, 0.2) is 0 Å². The first-order valence-corrected chi connectivity index (χ1v) is 7.97. The summed E-state index contributed by atoms with van der Waals surface area (Å²) >= 11 is 0. The van der Waals surface area contributed by atoms with Crippen LogP contribution in [0.5, 0.6) is 0 Å². The van der Waals surface area contributed by atoms with Crippen LogP contribution in [0.2, 0.25) is 0 Å². The average Bonchev–Trinajstić information content (AvgIpc) is 2.33. The minimum absolute atomic E-state index is 0.262. The molecule has 0 atom stereocenters. The van der Waals surface area contributed by atoms with Crippen molar-refractivity contribution in [1.29, 1.82) is 0 Å². The van der Waals surface area contributed by atoms with Gasteiger partial charge in [-0.3, -0.25) is 0 Å². The van der Waals surface area contributed by atoms with Gasteiger partial charge in [-0.15, -0.1) is 0 Å². The normalized spacial score (nSPS) is 14.1. The molecule has 0 aliphatic rings. The largest absolute Gasteiger partial charge is 0.388 e. The standard InChI is InChI=1S/C12H28N2O4S/c1-7-12(15,8-2)11(3,4)13-19(16,17)14(5)9-10-18-6/h13,15H,7-10H2,1-6H3. The van der Waals surface area contributed by atoms with Gasteiger partial charge in [0.1, 0.15) is 0 Å². The summed E-state index contributed by atoms with van der Waals surface area (Å²) in [5.41, 5.74) is -2.03. The maximum atomic E-state index is 12.2. The molecule has 0 aliphatic carbocycles. The average molecular weight is 296 g/mol. The monoisotopic (exact) mass is 296 g/mol. The Labute approximate surface area is 117 Å². The highest BCUT2D eigenvalue weighted by Gasteiger charge is 2.43. The molecule has 0 rings (SSSR count). The van der Waals surface area contributed by atoms with Crippen molar-refractivity contribution in [3.63, 3.8) is 0 Å². The number of likely N-dealkylation sites (N-methyl/N-ethyl adjacent to an activating group) is 1.